The van der Waals surface area contributed by atoms with Crippen molar-refractivity contribution in [2.45, 2.75) is 13.2 Å². The molecule has 0 aromatic heterocycles. The molecule has 5 heteroatoms. The van der Waals surface area contributed by atoms with Gasteiger partial charge in [-0.1, -0.05) is 12.1 Å². The Balaban J connectivity index is 3.08. The number of aliphatic hydroxyl groups excluding tert-OH is 2. The molecule has 0 aliphatic rings. The summed E-state index contributed by atoms with van der Waals surface area (Å²) in [7, 11) is 1.12. The average molecular weight is 224 g/mol. The van der Waals surface area contributed by atoms with Crippen LogP contribution >= 0.6 is 0 Å². The van der Waals surface area contributed by atoms with Crippen molar-refractivity contribution in [3.05, 3.63) is 34.9 Å². The normalized spacial score (nSPS) is 9.94. The van der Waals surface area contributed by atoms with Crippen molar-refractivity contribution in [3.8, 4) is 0 Å². The van der Waals surface area contributed by atoms with E-state index in [4.69, 9.17) is 10.2 Å². The second-order valence-electron chi connectivity index (χ2n) is 3.12. The van der Waals surface area contributed by atoms with E-state index < -0.39 is 11.8 Å². The maximum atomic E-state index is 11.4. The fourth-order valence-electron chi connectivity index (χ4n) is 1.28. The molecule has 0 saturated heterocycles. The van der Waals surface area contributed by atoms with Crippen LogP contribution in [0.25, 0.3) is 0 Å². The molecule has 0 bridgehead atoms. The number of carbonyl (C=O) groups is 2. The van der Waals surface area contributed by atoms with E-state index in [1.54, 1.807) is 0 Å². The van der Waals surface area contributed by atoms with E-state index in [2.05, 4.69) is 4.74 Å². The average Bonchev–Trinajstić information content (AvgIpc) is 2.35. The molecule has 0 unspecified atom stereocenters. The van der Waals surface area contributed by atoms with Crippen molar-refractivity contribution in [1.29, 1.82) is 0 Å². The van der Waals surface area contributed by atoms with Crippen molar-refractivity contribution in [3.63, 3.8) is 0 Å². The van der Waals surface area contributed by atoms with Gasteiger partial charge in [-0.15, -0.1) is 0 Å². The van der Waals surface area contributed by atoms with Gasteiger partial charge >= 0.3 is 5.97 Å². The van der Waals surface area contributed by atoms with Crippen molar-refractivity contribution < 1.29 is 24.5 Å². The molecule has 0 spiro atoms. The molecule has 0 aliphatic heterocycles. The molecule has 2 N–H and O–H groups in total. The van der Waals surface area contributed by atoms with Crippen LogP contribution < -0.4 is 0 Å². The van der Waals surface area contributed by atoms with Crippen LogP contribution in [0.15, 0.2) is 18.2 Å². The molecule has 0 atom stereocenters. The van der Waals surface area contributed by atoms with Crippen LogP contribution in [0.1, 0.15) is 21.5 Å². The molecule has 16 heavy (non-hydrogen) atoms. The van der Waals surface area contributed by atoms with Gasteiger partial charge in [-0.25, -0.2) is 4.79 Å². The fraction of sp³-hybridized carbons (Fsp3) is 0.273. The van der Waals surface area contributed by atoms with Crippen molar-refractivity contribution in [2.24, 2.45) is 0 Å². The second kappa shape index (κ2) is 5.39. The second-order valence-corrected chi connectivity index (χ2v) is 3.12. The Labute approximate surface area is 92.3 Å². The minimum Gasteiger partial charge on any atom is -0.463 e. The molecule has 5 nitrogen and oxygen atoms in total. The maximum Gasteiger partial charge on any atom is 0.379 e. The highest BCUT2D eigenvalue weighted by atomic mass is 16.5. The molecule has 0 fully saturated rings. The molecule has 0 radical (unpaired) electrons. The van der Waals surface area contributed by atoms with E-state index in [0.717, 1.165) is 7.11 Å². The summed E-state index contributed by atoms with van der Waals surface area (Å²) in [6, 6.07) is 4.26. The Morgan fingerprint density at radius 3 is 2.31 bits per heavy atom. The van der Waals surface area contributed by atoms with Crippen LogP contribution in [-0.4, -0.2) is 29.1 Å². The summed E-state index contributed by atoms with van der Waals surface area (Å²) in [5.41, 5.74) is 1.06. The van der Waals surface area contributed by atoms with E-state index in [1.807, 2.05) is 0 Å². The van der Waals surface area contributed by atoms with Gasteiger partial charge in [0.05, 0.1) is 20.3 Å². The van der Waals surface area contributed by atoms with Gasteiger partial charge in [-0.05, 0) is 17.2 Å². The van der Waals surface area contributed by atoms with E-state index in [-0.39, 0.29) is 18.8 Å². The van der Waals surface area contributed by atoms with Gasteiger partial charge in [-0.3, -0.25) is 4.79 Å². The van der Waals surface area contributed by atoms with Crippen molar-refractivity contribution in [2.75, 3.05) is 7.11 Å². The third kappa shape index (κ3) is 2.44. The molecule has 0 saturated carbocycles. The first kappa shape index (κ1) is 12.4. The summed E-state index contributed by atoms with van der Waals surface area (Å²) in [6.07, 6.45) is 0. The first-order chi connectivity index (χ1) is 7.63. The van der Waals surface area contributed by atoms with Gasteiger partial charge in [-0.2, -0.15) is 0 Å². The van der Waals surface area contributed by atoms with Gasteiger partial charge < -0.3 is 14.9 Å². The Morgan fingerprint density at radius 1 is 1.19 bits per heavy atom. The lowest BCUT2D eigenvalue weighted by molar-refractivity contribution is -0.135. The third-order valence-corrected chi connectivity index (χ3v) is 2.18. The predicted octanol–water partition coefficient (Wildman–Crippen LogP) is 0.0269. The van der Waals surface area contributed by atoms with Crippen molar-refractivity contribution >= 4 is 11.8 Å². The fourth-order valence-corrected chi connectivity index (χ4v) is 1.28. The van der Waals surface area contributed by atoms with Gasteiger partial charge in [0, 0.05) is 5.56 Å². The van der Waals surface area contributed by atoms with Crippen LogP contribution in [0.2, 0.25) is 0 Å². The summed E-state index contributed by atoms with van der Waals surface area (Å²) in [5.74, 6) is -1.73. The zero-order valence-electron chi connectivity index (χ0n) is 8.77. The summed E-state index contributed by atoms with van der Waals surface area (Å²) in [4.78, 5) is 22.4. The number of Topliss-reactive ketones (excluding diaryl/α,β-unsaturated/α-hetero) is 1. The Morgan fingerprint density at radius 2 is 1.81 bits per heavy atom. The number of benzene rings is 1. The number of esters is 1. The summed E-state index contributed by atoms with van der Waals surface area (Å²) in [5, 5.41) is 18.0. The number of methoxy groups -OCH3 is 1. The number of carbonyl (C=O) groups excluding carboxylic acids is 2. The zero-order chi connectivity index (χ0) is 12.1. The molecule has 0 heterocycles. The smallest absolute Gasteiger partial charge is 0.379 e. The van der Waals surface area contributed by atoms with Gasteiger partial charge in [0.25, 0.3) is 5.78 Å². The quantitative estimate of drug-likeness (QED) is 0.428. The maximum absolute atomic E-state index is 11.4. The third-order valence-electron chi connectivity index (χ3n) is 2.18. The molecule has 86 valence electrons. The monoisotopic (exact) mass is 224 g/mol. The number of hydrogen-bond donors (Lipinski definition) is 2. The Kier molecular flexibility index (Phi) is 4.16. The molecule has 1 aromatic rings. The minimum absolute atomic E-state index is 0.133. The first-order valence-electron chi connectivity index (χ1n) is 4.60. The number of hydrogen-bond acceptors (Lipinski definition) is 5. The van der Waals surface area contributed by atoms with Crippen LogP contribution in [0, 0.1) is 0 Å². The van der Waals surface area contributed by atoms with E-state index in [9.17, 15) is 9.59 Å². The Bertz CT molecular complexity index is 411. The number of ketones is 1. The lowest BCUT2D eigenvalue weighted by atomic mass is 10.0. The topological polar surface area (TPSA) is 83.8 Å². The highest BCUT2D eigenvalue weighted by Crippen LogP contribution is 2.13. The summed E-state index contributed by atoms with van der Waals surface area (Å²) >= 11 is 0. The lowest BCUT2D eigenvalue weighted by Crippen LogP contribution is -2.16. The Hall–Kier alpha value is -1.72. The molecular formula is C11H12O5. The SMILES string of the molecule is COC(=O)C(=O)c1ccc(CO)c(CO)c1. The molecule has 0 amide bonds. The summed E-state index contributed by atoms with van der Waals surface area (Å²) < 4.78 is 4.30. The predicted molar refractivity (Wildman–Crippen MR) is 54.6 cm³/mol. The zero-order valence-corrected chi connectivity index (χ0v) is 8.77. The number of ether oxygens (including phenoxy) is 1. The number of aliphatic hydroxyl groups is 2. The molecular weight excluding hydrogens is 212 g/mol. The van der Waals surface area contributed by atoms with Gasteiger partial charge in [0.2, 0.25) is 0 Å². The molecule has 1 rings (SSSR count). The lowest BCUT2D eigenvalue weighted by Gasteiger charge is -2.06. The minimum atomic E-state index is -0.958. The largest absolute Gasteiger partial charge is 0.463 e. The molecule has 1 aromatic carbocycles. The standard InChI is InChI=1S/C11H12O5/c1-16-11(15)10(14)7-2-3-8(5-12)9(4-7)6-13/h2-4,12-13H,5-6H2,1H3. The highest BCUT2D eigenvalue weighted by Gasteiger charge is 2.17. The van der Waals surface area contributed by atoms with E-state index in [1.165, 1.54) is 18.2 Å². The van der Waals surface area contributed by atoms with Crippen LogP contribution in [0.3, 0.4) is 0 Å². The van der Waals surface area contributed by atoms with Crippen LogP contribution in [0.4, 0.5) is 0 Å². The molecule has 0 aliphatic carbocycles. The highest BCUT2D eigenvalue weighted by molar-refractivity contribution is 6.40. The summed E-state index contributed by atoms with van der Waals surface area (Å²) in [6.45, 7) is -0.541. The van der Waals surface area contributed by atoms with Crippen LogP contribution in [0.5, 0.6) is 0 Å². The van der Waals surface area contributed by atoms with Gasteiger partial charge in [0.1, 0.15) is 0 Å². The van der Waals surface area contributed by atoms with E-state index >= 15 is 0 Å². The van der Waals surface area contributed by atoms with Crippen molar-refractivity contribution in [1.82, 2.24) is 0 Å². The van der Waals surface area contributed by atoms with E-state index in [0.29, 0.717) is 11.1 Å². The van der Waals surface area contributed by atoms with Crippen LogP contribution in [-0.2, 0) is 22.7 Å². The van der Waals surface area contributed by atoms with Gasteiger partial charge in [0.15, 0.2) is 0 Å². The number of rotatable bonds is 4. The first-order valence-corrected chi connectivity index (χ1v) is 4.60.